The van der Waals surface area contributed by atoms with Gasteiger partial charge in [0.2, 0.25) is 17.7 Å². The molecule has 8 heteroatoms. The van der Waals surface area contributed by atoms with Crippen LogP contribution in [0.2, 0.25) is 0 Å². The maximum atomic E-state index is 13.2. The van der Waals surface area contributed by atoms with Gasteiger partial charge in [-0.3, -0.25) is 19.3 Å². The van der Waals surface area contributed by atoms with Crippen LogP contribution in [0.3, 0.4) is 0 Å². The van der Waals surface area contributed by atoms with Gasteiger partial charge in [0, 0.05) is 49.9 Å². The van der Waals surface area contributed by atoms with Crippen molar-refractivity contribution in [2.45, 2.75) is 19.3 Å². The van der Waals surface area contributed by atoms with Crippen LogP contribution in [0.1, 0.15) is 18.4 Å². The summed E-state index contributed by atoms with van der Waals surface area (Å²) < 4.78 is 13.2. The number of anilines is 2. The summed E-state index contributed by atoms with van der Waals surface area (Å²) in [7, 11) is 0. The van der Waals surface area contributed by atoms with E-state index in [1.165, 1.54) is 12.1 Å². The maximum absolute atomic E-state index is 13.2. The average Bonchev–Trinajstić information content (AvgIpc) is 2.78. The predicted octanol–water partition coefficient (Wildman–Crippen LogP) is 2.50. The highest BCUT2D eigenvalue weighted by molar-refractivity contribution is 5.96. The number of rotatable bonds is 6. The Morgan fingerprint density at radius 3 is 2.62 bits per heavy atom. The van der Waals surface area contributed by atoms with Gasteiger partial charge in [-0.15, -0.1) is 0 Å². The summed E-state index contributed by atoms with van der Waals surface area (Å²) >= 11 is 0. The van der Waals surface area contributed by atoms with E-state index in [4.69, 9.17) is 0 Å². The lowest BCUT2D eigenvalue weighted by atomic mass is 9.89. The lowest BCUT2D eigenvalue weighted by Gasteiger charge is -2.34. The van der Waals surface area contributed by atoms with E-state index in [-0.39, 0.29) is 30.2 Å². The number of hydrogen-bond acceptors (Lipinski definition) is 4. The molecule has 0 spiro atoms. The molecule has 0 bridgehead atoms. The molecule has 1 atom stereocenters. The quantitative estimate of drug-likeness (QED) is 0.726. The Bertz CT molecular complexity index is 1000. The molecule has 2 aromatic carbocycles. The SMILES string of the molecule is O=C(CN1CCN(C(=O)CCC2Cc3ccccc3NC2=O)CC1)Nc1cccc(F)c1. The fraction of sp³-hybridized carbons (Fsp3) is 0.375. The lowest BCUT2D eigenvalue weighted by Crippen LogP contribution is -2.50. The van der Waals surface area contributed by atoms with Crippen molar-refractivity contribution >= 4 is 29.1 Å². The highest BCUT2D eigenvalue weighted by Gasteiger charge is 2.28. The summed E-state index contributed by atoms with van der Waals surface area (Å²) in [4.78, 5) is 41.0. The van der Waals surface area contributed by atoms with Crippen LogP contribution in [0.25, 0.3) is 0 Å². The highest BCUT2D eigenvalue weighted by Crippen LogP contribution is 2.27. The molecular formula is C24H27FN4O3. The van der Waals surface area contributed by atoms with Crippen LogP contribution >= 0.6 is 0 Å². The molecular weight excluding hydrogens is 411 g/mol. The number of benzene rings is 2. The minimum Gasteiger partial charge on any atom is -0.340 e. The van der Waals surface area contributed by atoms with Gasteiger partial charge in [-0.05, 0) is 42.7 Å². The summed E-state index contributed by atoms with van der Waals surface area (Å²) in [5.74, 6) is -0.781. The molecule has 3 amide bonds. The monoisotopic (exact) mass is 438 g/mol. The summed E-state index contributed by atoms with van der Waals surface area (Å²) in [5, 5.41) is 5.62. The Morgan fingerprint density at radius 2 is 1.84 bits per heavy atom. The van der Waals surface area contributed by atoms with Gasteiger partial charge in [-0.1, -0.05) is 24.3 Å². The molecule has 0 saturated carbocycles. The number of fused-ring (bicyclic) bond motifs is 1. The van der Waals surface area contributed by atoms with Crippen LogP contribution in [0.5, 0.6) is 0 Å². The zero-order valence-electron chi connectivity index (χ0n) is 17.9. The number of halogens is 1. The molecule has 0 aliphatic carbocycles. The third kappa shape index (κ3) is 5.50. The van der Waals surface area contributed by atoms with Crippen LogP contribution in [0.4, 0.5) is 15.8 Å². The Morgan fingerprint density at radius 1 is 1.06 bits per heavy atom. The number of nitrogens with zero attached hydrogens (tertiary/aromatic N) is 2. The van der Waals surface area contributed by atoms with E-state index in [9.17, 15) is 18.8 Å². The van der Waals surface area contributed by atoms with E-state index in [0.717, 1.165) is 11.3 Å². The summed E-state index contributed by atoms with van der Waals surface area (Å²) in [5.41, 5.74) is 2.39. The minimum absolute atomic E-state index is 0.0226. The number of amides is 3. The van der Waals surface area contributed by atoms with Gasteiger partial charge in [0.05, 0.1) is 6.54 Å². The molecule has 2 aromatic rings. The van der Waals surface area contributed by atoms with Crippen molar-refractivity contribution in [3.8, 4) is 0 Å². The van der Waals surface area contributed by atoms with Crippen LogP contribution < -0.4 is 10.6 Å². The smallest absolute Gasteiger partial charge is 0.238 e. The van der Waals surface area contributed by atoms with Crippen molar-refractivity contribution in [2.24, 2.45) is 5.92 Å². The standard InChI is InChI=1S/C24H27FN4O3/c25-19-5-3-6-20(15-19)26-22(30)16-28-10-12-29(13-11-28)23(31)9-8-18-14-17-4-1-2-7-21(17)27-24(18)32/h1-7,15,18H,8-14,16H2,(H,26,30)(H,27,32). The largest absolute Gasteiger partial charge is 0.340 e. The predicted molar refractivity (Wildman–Crippen MR) is 120 cm³/mol. The van der Waals surface area contributed by atoms with Crippen molar-refractivity contribution in [3.63, 3.8) is 0 Å². The fourth-order valence-electron chi connectivity index (χ4n) is 4.23. The number of para-hydroxylation sites is 1. The lowest BCUT2D eigenvalue weighted by molar-refractivity contribution is -0.133. The van der Waals surface area contributed by atoms with Gasteiger partial charge >= 0.3 is 0 Å². The van der Waals surface area contributed by atoms with E-state index < -0.39 is 5.82 Å². The Kier molecular flexibility index (Phi) is 6.80. The van der Waals surface area contributed by atoms with Gasteiger partial charge in [0.25, 0.3) is 0 Å². The number of piperazine rings is 1. The molecule has 1 fully saturated rings. The van der Waals surface area contributed by atoms with Crippen molar-refractivity contribution in [1.29, 1.82) is 0 Å². The van der Waals surface area contributed by atoms with Crippen LogP contribution in [0, 0.1) is 11.7 Å². The van der Waals surface area contributed by atoms with Crippen molar-refractivity contribution in [2.75, 3.05) is 43.4 Å². The second-order valence-electron chi connectivity index (χ2n) is 8.30. The van der Waals surface area contributed by atoms with Crippen molar-refractivity contribution in [1.82, 2.24) is 9.80 Å². The van der Waals surface area contributed by atoms with E-state index >= 15 is 0 Å². The summed E-state index contributed by atoms with van der Waals surface area (Å²) in [6.45, 7) is 2.48. The molecule has 2 N–H and O–H groups in total. The first-order chi connectivity index (χ1) is 15.5. The summed E-state index contributed by atoms with van der Waals surface area (Å²) in [6, 6.07) is 13.5. The van der Waals surface area contributed by atoms with Crippen LogP contribution in [0.15, 0.2) is 48.5 Å². The zero-order chi connectivity index (χ0) is 22.5. The minimum atomic E-state index is -0.398. The van der Waals surface area contributed by atoms with E-state index in [0.29, 0.717) is 51.1 Å². The molecule has 1 saturated heterocycles. The normalized spacial score (nSPS) is 18.6. The second-order valence-corrected chi connectivity index (χ2v) is 8.30. The number of carbonyl (C=O) groups is 3. The van der Waals surface area contributed by atoms with Gasteiger partial charge in [-0.2, -0.15) is 0 Å². The third-order valence-electron chi connectivity index (χ3n) is 6.02. The average molecular weight is 439 g/mol. The number of carbonyl (C=O) groups excluding carboxylic acids is 3. The molecule has 0 radical (unpaired) electrons. The van der Waals surface area contributed by atoms with Gasteiger partial charge in [-0.25, -0.2) is 4.39 Å². The molecule has 32 heavy (non-hydrogen) atoms. The number of hydrogen-bond donors (Lipinski definition) is 2. The maximum Gasteiger partial charge on any atom is 0.238 e. The first-order valence-corrected chi connectivity index (χ1v) is 10.9. The van der Waals surface area contributed by atoms with Gasteiger partial charge in [0.1, 0.15) is 5.82 Å². The molecule has 2 heterocycles. The topological polar surface area (TPSA) is 81.8 Å². The Labute approximate surface area is 186 Å². The molecule has 4 rings (SSSR count). The van der Waals surface area contributed by atoms with E-state index in [1.54, 1.807) is 17.0 Å². The second kappa shape index (κ2) is 9.91. The molecule has 0 aromatic heterocycles. The third-order valence-corrected chi connectivity index (χ3v) is 6.02. The van der Waals surface area contributed by atoms with Gasteiger partial charge in [0.15, 0.2) is 0 Å². The highest BCUT2D eigenvalue weighted by atomic mass is 19.1. The molecule has 1 unspecified atom stereocenters. The molecule has 168 valence electrons. The molecule has 2 aliphatic rings. The zero-order valence-corrected chi connectivity index (χ0v) is 17.9. The van der Waals surface area contributed by atoms with E-state index in [1.807, 2.05) is 29.2 Å². The van der Waals surface area contributed by atoms with E-state index in [2.05, 4.69) is 10.6 Å². The Hall–Kier alpha value is -3.26. The fourth-order valence-corrected chi connectivity index (χ4v) is 4.23. The van der Waals surface area contributed by atoms with Crippen molar-refractivity contribution in [3.05, 3.63) is 59.9 Å². The summed E-state index contributed by atoms with van der Waals surface area (Å²) in [6.07, 6.45) is 1.51. The van der Waals surface area contributed by atoms with Crippen LogP contribution in [-0.2, 0) is 20.8 Å². The van der Waals surface area contributed by atoms with Gasteiger partial charge < -0.3 is 15.5 Å². The molecule has 2 aliphatic heterocycles. The first kappa shape index (κ1) is 22.0. The molecule has 7 nitrogen and oxygen atoms in total. The van der Waals surface area contributed by atoms with Crippen LogP contribution in [-0.4, -0.2) is 60.2 Å². The first-order valence-electron chi connectivity index (χ1n) is 10.9. The number of nitrogens with one attached hydrogen (secondary N) is 2. The van der Waals surface area contributed by atoms with Crippen molar-refractivity contribution < 1.29 is 18.8 Å². The Balaban J connectivity index is 1.19.